The summed E-state index contributed by atoms with van der Waals surface area (Å²) in [5, 5.41) is 11.1. The van der Waals surface area contributed by atoms with Crippen LogP contribution in [0.1, 0.15) is 25.5 Å². The molecular formula is C19H24N4O2S. The average Bonchev–Trinajstić information content (AvgIpc) is 3.09. The number of thiazole rings is 1. The van der Waals surface area contributed by atoms with Crippen molar-refractivity contribution in [3.8, 4) is 10.6 Å². The third kappa shape index (κ3) is 3.24. The molecule has 0 aliphatic carbocycles. The minimum atomic E-state index is -0.595. The fraction of sp³-hybridized carbons (Fsp3) is 0.421. The molecule has 2 bridgehead atoms. The maximum Gasteiger partial charge on any atom is 0.357 e. The van der Waals surface area contributed by atoms with Crippen molar-refractivity contribution in [3.63, 3.8) is 0 Å². The second-order valence-electron chi connectivity index (χ2n) is 7.05. The number of esters is 1. The number of anilines is 1. The van der Waals surface area contributed by atoms with E-state index in [0.717, 1.165) is 48.7 Å². The number of nitrogens with two attached hydrogens (primary N) is 1. The van der Waals surface area contributed by atoms with Crippen molar-refractivity contribution in [3.05, 3.63) is 34.8 Å². The summed E-state index contributed by atoms with van der Waals surface area (Å²) in [5.74, 6) is -0.179. The van der Waals surface area contributed by atoms with E-state index in [1.165, 1.54) is 11.3 Å². The van der Waals surface area contributed by atoms with E-state index < -0.39 is 5.97 Å². The van der Waals surface area contributed by atoms with Crippen LogP contribution in [-0.2, 0) is 9.53 Å². The lowest BCUT2D eigenvalue weighted by atomic mass is 9.86. The van der Waals surface area contributed by atoms with Gasteiger partial charge in [-0.1, -0.05) is 0 Å². The van der Waals surface area contributed by atoms with Crippen LogP contribution in [0.25, 0.3) is 10.6 Å². The number of ether oxygens (including phenoxy) is 1. The number of benzene rings is 1. The number of carbonyl (C=O) groups is 1. The molecule has 1 atom stereocenters. The first-order valence-corrected chi connectivity index (χ1v) is 9.73. The molecular weight excluding hydrogens is 348 g/mol. The van der Waals surface area contributed by atoms with Crippen molar-refractivity contribution in [2.24, 2.45) is 5.92 Å². The molecule has 6 nitrogen and oxygen atoms in total. The maximum atomic E-state index is 12.6. The van der Waals surface area contributed by atoms with Gasteiger partial charge in [-0.25, -0.2) is 9.78 Å². The van der Waals surface area contributed by atoms with Crippen LogP contribution in [0.2, 0.25) is 0 Å². The fourth-order valence-electron chi connectivity index (χ4n) is 3.74. The molecule has 26 heavy (non-hydrogen) atoms. The van der Waals surface area contributed by atoms with Gasteiger partial charge in [0, 0.05) is 35.9 Å². The number of nitrogen functional groups attached to an aromatic ring is 1. The highest BCUT2D eigenvalue weighted by atomic mass is 32.1. The molecule has 0 radical (unpaired) electrons. The van der Waals surface area contributed by atoms with Gasteiger partial charge in [-0.05, 0) is 57.0 Å². The van der Waals surface area contributed by atoms with Crippen molar-refractivity contribution in [1.82, 2.24) is 9.88 Å². The summed E-state index contributed by atoms with van der Waals surface area (Å²) < 4.78 is 5.67. The lowest BCUT2D eigenvalue weighted by Crippen LogP contribution is -2.52. The topological polar surface area (TPSA) is 92.3 Å². The van der Waals surface area contributed by atoms with E-state index in [2.05, 4.69) is 9.88 Å². The molecule has 1 aromatic carbocycles. The number of piperidine rings is 3. The van der Waals surface area contributed by atoms with E-state index in [1.54, 1.807) is 12.1 Å². The monoisotopic (exact) mass is 372 g/mol. The largest absolute Gasteiger partial charge is 0.456 e. The standard InChI is InChI=1S/C19H22N4O2S.H2/c1-11-10-26-18(22-11)13-2-3-15(20)14(8-13)17(21)19(24)25-16-9-23-6-4-12(16)5-7-23;/h2-3,8,10,12,16,21H,4-7,9,20H2,1H3;1H/t16-;/m1./s1. The third-order valence-corrected chi connectivity index (χ3v) is 6.26. The van der Waals surface area contributed by atoms with Crippen molar-refractivity contribution < 1.29 is 11.0 Å². The van der Waals surface area contributed by atoms with Crippen molar-refractivity contribution >= 4 is 28.7 Å². The number of aryl methyl sites for hydroxylation is 1. The summed E-state index contributed by atoms with van der Waals surface area (Å²) in [7, 11) is 0. The smallest absolute Gasteiger partial charge is 0.357 e. The van der Waals surface area contributed by atoms with Gasteiger partial charge in [-0.15, -0.1) is 11.3 Å². The fourth-order valence-corrected chi connectivity index (χ4v) is 4.54. The molecule has 0 saturated carbocycles. The number of aromatic nitrogens is 1. The molecule has 3 N–H and O–H groups in total. The van der Waals surface area contributed by atoms with E-state index in [9.17, 15) is 4.79 Å². The average molecular weight is 372 g/mol. The Bertz CT molecular complexity index is 861. The van der Waals surface area contributed by atoms with Gasteiger partial charge in [-0.2, -0.15) is 0 Å². The molecule has 1 aromatic heterocycles. The Kier molecular flexibility index (Phi) is 4.50. The Morgan fingerprint density at radius 1 is 1.42 bits per heavy atom. The van der Waals surface area contributed by atoms with Crippen LogP contribution in [0.15, 0.2) is 23.6 Å². The first-order valence-electron chi connectivity index (χ1n) is 8.85. The first-order chi connectivity index (χ1) is 12.5. The molecule has 3 fully saturated rings. The number of carbonyl (C=O) groups excluding carboxylic acids is 1. The lowest BCUT2D eigenvalue weighted by Gasteiger charge is -2.43. The highest BCUT2D eigenvalue weighted by Crippen LogP contribution is 2.31. The SMILES string of the molecule is Cc1csc(-c2ccc(N)c(C(=N)C(=O)O[C@@H]3CN4CCC3CC4)c2)n1.[HH]. The molecule has 0 unspecified atom stereocenters. The minimum Gasteiger partial charge on any atom is -0.456 e. The van der Waals surface area contributed by atoms with Gasteiger partial charge in [0.15, 0.2) is 0 Å². The highest BCUT2D eigenvalue weighted by Gasteiger charge is 2.37. The molecule has 3 aliphatic rings. The third-order valence-electron chi connectivity index (χ3n) is 5.25. The van der Waals surface area contributed by atoms with Gasteiger partial charge >= 0.3 is 5.97 Å². The van der Waals surface area contributed by atoms with E-state index >= 15 is 0 Å². The Morgan fingerprint density at radius 3 is 2.81 bits per heavy atom. The predicted molar refractivity (Wildman–Crippen MR) is 105 cm³/mol. The van der Waals surface area contributed by atoms with E-state index in [1.807, 2.05) is 18.4 Å². The molecule has 0 spiro atoms. The van der Waals surface area contributed by atoms with Crippen LogP contribution in [0.5, 0.6) is 0 Å². The highest BCUT2D eigenvalue weighted by molar-refractivity contribution is 7.13. The number of nitrogens with zero attached hydrogens (tertiary/aromatic N) is 2. The quantitative estimate of drug-likeness (QED) is 0.489. The van der Waals surface area contributed by atoms with Gasteiger partial charge < -0.3 is 10.5 Å². The lowest BCUT2D eigenvalue weighted by molar-refractivity contribution is -0.150. The second-order valence-corrected chi connectivity index (χ2v) is 7.91. The number of fused-ring (bicyclic) bond motifs is 3. The number of rotatable bonds is 4. The number of hydrogen-bond donors (Lipinski definition) is 2. The summed E-state index contributed by atoms with van der Waals surface area (Å²) in [6.07, 6.45) is 2.01. The van der Waals surface area contributed by atoms with Crippen LogP contribution in [0.4, 0.5) is 5.69 Å². The summed E-state index contributed by atoms with van der Waals surface area (Å²) in [4.78, 5) is 19.3. The predicted octanol–water partition coefficient (Wildman–Crippen LogP) is 2.95. The van der Waals surface area contributed by atoms with Crippen LogP contribution in [0.3, 0.4) is 0 Å². The molecule has 3 saturated heterocycles. The van der Waals surface area contributed by atoms with Gasteiger partial charge in [0.2, 0.25) is 0 Å². The zero-order valence-corrected chi connectivity index (χ0v) is 15.5. The van der Waals surface area contributed by atoms with Gasteiger partial charge in [0.05, 0.1) is 0 Å². The Hall–Kier alpha value is -2.25. The van der Waals surface area contributed by atoms with Gasteiger partial charge in [0.25, 0.3) is 0 Å². The zero-order valence-electron chi connectivity index (χ0n) is 14.7. The molecule has 2 aromatic rings. The van der Waals surface area contributed by atoms with E-state index in [4.69, 9.17) is 15.9 Å². The normalized spacial score (nSPS) is 24.4. The van der Waals surface area contributed by atoms with E-state index in [-0.39, 0.29) is 13.2 Å². The molecule has 5 rings (SSSR count). The zero-order chi connectivity index (χ0) is 18.3. The van der Waals surface area contributed by atoms with Crippen LogP contribution in [-0.4, -0.2) is 47.3 Å². The van der Waals surface area contributed by atoms with Crippen LogP contribution < -0.4 is 5.73 Å². The van der Waals surface area contributed by atoms with Gasteiger partial charge in [0.1, 0.15) is 16.8 Å². The Balaban J connectivity index is 0.00000210. The van der Waals surface area contributed by atoms with Crippen molar-refractivity contribution in [2.45, 2.75) is 25.9 Å². The van der Waals surface area contributed by atoms with Crippen molar-refractivity contribution in [1.29, 1.82) is 5.41 Å². The Morgan fingerprint density at radius 2 is 2.19 bits per heavy atom. The maximum absolute atomic E-state index is 12.6. The van der Waals surface area contributed by atoms with Gasteiger partial charge in [-0.3, -0.25) is 10.3 Å². The second kappa shape index (κ2) is 6.81. The molecule has 0 amide bonds. The minimum absolute atomic E-state index is 0. The summed E-state index contributed by atoms with van der Waals surface area (Å²) in [5.41, 5.74) is 8.45. The molecule has 7 heteroatoms. The summed E-state index contributed by atoms with van der Waals surface area (Å²) in [6.45, 7) is 4.87. The van der Waals surface area contributed by atoms with Crippen LogP contribution >= 0.6 is 11.3 Å². The first kappa shape index (κ1) is 17.2. The Labute approximate surface area is 158 Å². The summed E-state index contributed by atoms with van der Waals surface area (Å²) in [6, 6.07) is 5.34. The van der Waals surface area contributed by atoms with Crippen molar-refractivity contribution in [2.75, 3.05) is 25.4 Å². The molecule has 3 aliphatic heterocycles. The molecule has 4 heterocycles. The van der Waals surface area contributed by atoms with Crippen LogP contribution in [0, 0.1) is 18.3 Å². The number of nitrogens with one attached hydrogen (secondary N) is 1. The number of hydrogen-bond acceptors (Lipinski definition) is 7. The summed E-state index contributed by atoms with van der Waals surface area (Å²) >= 11 is 1.53. The van der Waals surface area contributed by atoms with E-state index in [0.29, 0.717) is 17.2 Å². The molecule has 138 valence electrons.